The predicted octanol–water partition coefficient (Wildman–Crippen LogP) is 2.79. The molecule has 1 heterocycles. The molecule has 4 heteroatoms. The van der Waals surface area contributed by atoms with Crippen LogP contribution in [-0.4, -0.2) is 18.7 Å². The Balaban J connectivity index is 1.94. The van der Waals surface area contributed by atoms with Crippen LogP contribution in [0.4, 0.5) is 5.69 Å². The van der Waals surface area contributed by atoms with Crippen LogP contribution >= 0.6 is 0 Å². The van der Waals surface area contributed by atoms with Gasteiger partial charge in [0.2, 0.25) is 5.72 Å². The third kappa shape index (κ3) is 2.57. The Kier molecular flexibility index (Phi) is 3.62. The third-order valence-corrected chi connectivity index (χ3v) is 4.01. The van der Waals surface area contributed by atoms with Crippen LogP contribution in [0.5, 0.6) is 5.75 Å². The maximum absolute atomic E-state index is 12.6. The van der Waals surface area contributed by atoms with E-state index in [1.807, 2.05) is 56.3 Å². The van der Waals surface area contributed by atoms with Crippen molar-refractivity contribution in [3.8, 4) is 5.75 Å². The average molecular weight is 296 g/mol. The van der Waals surface area contributed by atoms with Gasteiger partial charge in [-0.25, -0.2) is 0 Å². The van der Waals surface area contributed by atoms with Gasteiger partial charge >= 0.3 is 0 Å². The van der Waals surface area contributed by atoms with E-state index in [-0.39, 0.29) is 5.91 Å². The number of nitrogens with one attached hydrogen (secondary N) is 2. The maximum atomic E-state index is 12.6. The smallest absolute Gasteiger partial charge is 0.284 e. The highest BCUT2D eigenvalue weighted by atomic mass is 16.5. The van der Waals surface area contributed by atoms with E-state index in [4.69, 9.17) is 4.74 Å². The molecule has 22 heavy (non-hydrogen) atoms. The van der Waals surface area contributed by atoms with Crippen LogP contribution in [0.15, 0.2) is 42.5 Å². The van der Waals surface area contributed by atoms with Gasteiger partial charge in [0.05, 0.1) is 5.69 Å². The normalized spacial score (nSPS) is 20.0. The zero-order valence-corrected chi connectivity index (χ0v) is 13.1. The van der Waals surface area contributed by atoms with E-state index in [0.29, 0.717) is 12.2 Å². The molecule has 1 aliphatic heterocycles. The van der Waals surface area contributed by atoms with Gasteiger partial charge in [0.1, 0.15) is 5.75 Å². The summed E-state index contributed by atoms with van der Waals surface area (Å²) in [6, 6.07) is 13.9. The van der Waals surface area contributed by atoms with Crippen LogP contribution in [0.3, 0.4) is 0 Å². The molecule has 0 bridgehead atoms. The lowest BCUT2D eigenvalue weighted by Crippen LogP contribution is -2.61. The number of anilines is 1. The number of hydrogen-bond donors (Lipinski definition) is 2. The fourth-order valence-corrected chi connectivity index (χ4v) is 2.65. The Morgan fingerprint density at radius 3 is 2.45 bits per heavy atom. The third-order valence-electron chi connectivity index (χ3n) is 4.01. The topological polar surface area (TPSA) is 50.4 Å². The molecule has 3 rings (SSSR count). The number of aryl methyl sites for hydroxylation is 2. The molecule has 114 valence electrons. The standard InChI is InChI=1S/C18H20N2O2/c1-12-4-7-14(8-5-12)11-18(19-3)17(21)20-15-10-13(2)6-9-16(15)22-18/h4-10,19H,11H2,1-3H3,(H,20,21). The van der Waals surface area contributed by atoms with Crippen molar-refractivity contribution in [2.75, 3.05) is 12.4 Å². The molecule has 0 saturated carbocycles. The Morgan fingerprint density at radius 2 is 1.77 bits per heavy atom. The van der Waals surface area contributed by atoms with Gasteiger partial charge in [-0.2, -0.15) is 0 Å². The van der Waals surface area contributed by atoms with Crippen LogP contribution in [0.25, 0.3) is 0 Å². The predicted molar refractivity (Wildman–Crippen MR) is 87.1 cm³/mol. The summed E-state index contributed by atoms with van der Waals surface area (Å²) in [5.74, 6) is 0.514. The summed E-state index contributed by atoms with van der Waals surface area (Å²) < 4.78 is 6.05. The Hall–Kier alpha value is -2.33. The summed E-state index contributed by atoms with van der Waals surface area (Å²) in [6.07, 6.45) is 0.461. The lowest BCUT2D eigenvalue weighted by Gasteiger charge is -2.37. The van der Waals surface area contributed by atoms with Crippen LogP contribution in [0, 0.1) is 13.8 Å². The molecule has 2 aromatic carbocycles. The Bertz CT molecular complexity index is 710. The fraction of sp³-hybridized carbons (Fsp3) is 0.278. The quantitative estimate of drug-likeness (QED) is 0.915. The second kappa shape index (κ2) is 5.46. The lowest BCUT2D eigenvalue weighted by atomic mass is 9.98. The highest BCUT2D eigenvalue weighted by Crippen LogP contribution is 2.34. The molecule has 1 unspecified atom stereocenters. The first kappa shape index (κ1) is 14.6. The Morgan fingerprint density at radius 1 is 1.09 bits per heavy atom. The molecule has 1 atom stereocenters. The van der Waals surface area contributed by atoms with Crippen molar-refractivity contribution in [3.05, 3.63) is 59.2 Å². The molecule has 0 fully saturated rings. The van der Waals surface area contributed by atoms with Gasteiger partial charge in [-0.3, -0.25) is 10.1 Å². The maximum Gasteiger partial charge on any atom is 0.284 e. The lowest BCUT2D eigenvalue weighted by molar-refractivity contribution is -0.135. The van der Waals surface area contributed by atoms with Gasteiger partial charge in [0.15, 0.2) is 0 Å². The SMILES string of the molecule is CNC1(Cc2ccc(C)cc2)Oc2ccc(C)cc2NC1=O. The van der Waals surface area contributed by atoms with Crippen molar-refractivity contribution in [1.82, 2.24) is 5.32 Å². The summed E-state index contributed by atoms with van der Waals surface area (Å²) >= 11 is 0. The molecule has 1 aliphatic rings. The highest BCUT2D eigenvalue weighted by molar-refractivity contribution is 6.00. The summed E-state index contributed by atoms with van der Waals surface area (Å²) in [6.45, 7) is 4.03. The summed E-state index contributed by atoms with van der Waals surface area (Å²) in [5, 5.41) is 6.00. The minimum Gasteiger partial charge on any atom is -0.461 e. The van der Waals surface area contributed by atoms with Gasteiger partial charge in [0.25, 0.3) is 5.91 Å². The molecule has 0 aliphatic carbocycles. The Labute approximate surface area is 130 Å². The summed E-state index contributed by atoms with van der Waals surface area (Å²) in [4.78, 5) is 12.6. The minimum absolute atomic E-state index is 0.173. The van der Waals surface area contributed by atoms with E-state index in [0.717, 1.165) is 16.8 Å². The van der Waals surface area contributed by atoms with Crippen molar-refractivity contribution >= 4 is 11.6 Å². The number of carbonyl (C=O) groups is 1. The average Bonchev–Trinajstić information content (AvgIpc) is 2.50. The van der Waals surface area contributed by atoms with Gasteiger partial charge in [-0.1, -0.05) is 35.9 Å². The van der Waals surface area contributed by atoms with E-state index in [1.165, 1.54) is 5.56 Å². The van der Waals surface area contributed by atoms with Crippen molar-refractivity contribution in [2.24, 2.45) is 0 Å². The number of ether oxygens (including phenoxy) is 1. The molecule has 0 radical (unpaired) electrons. The van der Waals surface area contributed by atoms with E-state index in [9.17, 15) is 4.79 Å². The number of fused-ring (bicyclic) bond motifs is 1. The van der Waals surface area contributed by atoms with Crippen molar-refractivity contribution < 1.29 is 9.53 Å². The zero-order valence-electron chi connectivity index (χ0n) is 13.1. The molecular weight excluding hydrogens is 276 g/mol. The van der Waals surface area contributed by atoms with E-state index < -0.39 is 5.72 Å². The van der Waals surface area contributed by atoms with Gasteiger partial charge in [-0.05, 0) is 44.2 Å². The van der Waals surface area contributed by atoms with E-state index in [1.54, 1.807) is 7.05 Å². The van der Waals surface area contributed by atoms with Crippen LogP contribution < -0.4 is 15.4 Å². The first-order valence-electron chi connectivity index (χ1n) is 7.38. The molecular formula is C18H20N2O2. The molecule has 2 aromatic rings. The molecule has 0 saturated heterocycles. The van der Waals surface area contributed by atoms with Gasteiger partial charge in [0, 0.05) is 6.42 Å². The second-order valence-electron chi connectivity index (χ2n) is 5.80. The number of amides is 1. The van der Waals surface area contributed by atoms with Crippen molar-refractivity contribution in [3.63, 3.8) is 0 Å². The van der Waals surface area contributed by atoms with E-state index in [2.05, 4.69) is 10.6 Å². The zero-order chi connectivity index (χ0) is 15.7. The molecule has 0 spiro atoms. The number of hydrogen-bond acceptors (Lipinski definition) is 3. The first-order valence-corrected chi connectivity index (χ1v) is 7.38. The second-order valence-corrected chi connectivity index (χ2v) is 5.80. The first-order chi connectivity index (χ1) is 10.5. The highest BCUT2D eigenvalue weighted by Gasteiger charge is 2.43. The molecule has 2 N–H and O–H groups in total. The van der Waals surface area contributed by atoms with Crippen LogP contribution in [0.2, 0.25) is 0 Å². The van der Waals surface area contributed by atoms with Crippen molar-refractivity contribution in [1.29, 1.82) is 0 Å². The van der Waals surface area contributed by atoms with Crippen LogP contribution in [-0.2, 0) is 11.2 Å². The number of rotatable bonds is 3. The number of likely N-dealkylation sites (N-methyl/N-ethyl adjacent to an activating group) is 1. The summed E-state index contributed by atoms with van der Waals surface area (Å²) in [7, 11) is 1.74. The number of benzene rings is 2. The minimum atomic E-state index is -1.09. The largest absolute Gasteiger partial charge is 0.461 e. The molecule has 4 nitrogen and oxygen atoms in total. The van der Waals surface area contributed by atoms with E-state index >= 15 is 0 Å². The summed E-state index contributed by atoms with van der Waals surface area (Å²) in [5.41, 5.74) is 2.96. The molecule has 0 aromatic heterocycles. The fourth-order valence-electron chi connectivity index (χ4n) is 2.65. The van der Waals surface area contributed by atoms with Crippen LogP contribution in [0.1, 0.15) is 16.7 Å². The van der Waals surface area contributed by atoms with Gasteiger partial charge < -0.3 is 10.1 Å². The number of carbonyl (C=O) groups excluding carboxylic acids is 1. The molecule has 1 amide bonds. The monoisotopic (exact) mass is 296 g/mol. The van der Waals surface area contributed by atoms with Gasteiger partial charge in [-0.15, -0.1) is 0 Å². The van der Waals surface area contributed by atoms with Crippen molar-refractivity contribution in [2.45, 2.75) is 26.0 Å².